The molecule has 3 atom stereocenters. The van der Waals surface area contributed by atoms with Crippen LogP contribution in [0.2, 0.25) is 0 Å². The number of carbonyl (C=O) groups is 1. The number of ether oxygens (including phenoxy) is 2. The molecule has 1 aliphatic heterocycles. The minimum absolute atomic E-state index is 0.0263. The Morgan fingerprint density at radius 1 is 1.03 bits per heavy atom. The zero-order valence-corrected chi connectivity index (χ0v) is 27.1. The maximum Gasteiger partial charge on any atom is 0.472 e. The molecule has 0 aromatic heterocycles. The highest BCUT2D eigenvalue weighted by Gasteiger charge is 2.51. The molecule has 2 unspecified atom stereocenters. The molecule has 1 saturated heterocycles. The van der Waals surface area contributed by atoms with E-state index in [9.17, 15) is 14.3 Å². The van der Waals surface area contributed by atoms with Crippen LogP contribution in [0, 0.1) is 0 Å². The van der Waals surface area contributed by atoms with Crippen molar-refractivity contribution in [3.8, 4) is 0 Å². The molecule has 8 nitrogen and oxygen atoms in total. The monoisotopic (exact) mass is 625 g/mol. The number of allylic oxidation sites excluding steroid dienone is 1. The molecule has 0 spiro atoms. The van der Waals surface area contributed by atoms with Gasteiger partial charge in [0.05, 0.1) is 19.3 Å². The molecule has 0 aromatic carbocycles. The Hall–Kier alpha value is -0.440. The van der Waals surface area contributed by atoms with Gasteiger partial charge in [-0.3, -0.25) is 13.9 Å². The lowest BCUT2D eigenvalue weighted by Gasteiger charge is -2.35. The average molecular weight is 627 g/mol. The Morgan fingerprint density at radius 3 is 2.11 bits per heavy atom. The molecule has 224 valence electrons. The van der Waals surface area contributed by atoms with Crippen LogP contribution in [0.25, 0.3) is 0 Å². The number of halogens is 1. The number of hydrogen-bond acceptors (Lipinski definition) is 6. The summed E-state index contributed by atoms with van der Waals surface area (Å²) in [6.45, 7) is 11.0. The average Bonchev–Trinajstić information content (AvgIpc) is 3.07. The van der Waals surface area contributed by atoms with Gasteiger partial charge >= 0.3 is 13.9 Å². The fourth-order valence-electron chi connectivity index (χ4n) is 4.53. The summed E-state index contributed by atoms with van der Waals surface area (Å²) in [6, 6.07) is -0.651. The van der Waals surface area contributed by atoms with Gasteiger partial charge in [0.15, 0.2) is 0 Å². The number of nitrogens with zero attached hydrogens (tertiary/aromatic N) is 1. The van der Waals surface area contributed by atoms with Crippen molar-refractivity contribution in [3.63, 3.8) is 0 Å². The lowest BCUT2D eigenvalue weighted by Crippen LogP contribution is -2.51. The number of unbranched alkanes of at least 4 members (excludes halogenated alkanes) is 11. The van der Waals surface area contributed by atoms with Crippen LogP contribution >= 0.6 is 23.8 Å². The Balaban J connectivity index is 2.64. The van der Waals surface area contributed by atoms with E-state index in [2.05, 4.69) is 28.9 Å². The van der Waals surface area contributed by atoms with Gasteiger partial charge in [0.2, 0.25) is 0 Å². The van der Waals surface area contributed by atoms with Gasteiger partial charge in [-0.1, -0.05) is 99.2 Å². The van der Waals surface area contributed by atoms with Crippen molar-refractivity contribution in [3.05, 3.63) is 12.2 Å². The largest absolute Gasteiger partial charge is 0.472 e. The van der Waals surface area contributed by atoms with E-state index < -0.39 is 37.4 Å². The molecule has 38 heavy (non-hydrogen) atoms. The number of rotatable bonds is 19. The van der Waals surface area contributed by atoms with Gasteiger partial charge in [0.25, 0.3) is 0 Å². The molecular formula is C28H53BrNO7P. The third kappa shape index (κ3) is 14.8. The molecule has 1 amide bonds. The first-order chi connectivity index (χ1) is 17.8. The second-order valence-electron chi connectivity index (χ2n) is 11.5. The molecule has 1 fully saturated rings. The van der Waals surface area contributed by atoms with Gasteiger partial charge in [-0.25, -0.2) is 9.36 Å². The van der Waals surface area contributed by atoms with Gasteiger partial charge in [-0.05, 0) is 47.5 Å². The van der Waals surface area contributed by atoms with Crippen LogP contribution in [0.15, 0.2) is 12.2 Å². The third-order valence-electron chi connectivity index (χ3n) is 6.35. The predicted molar refractivity (Wildman–Crippen MR) is 157 cm³/mol. The van der Waals surface area contributed by atoms with Crippen molar-refractivity contribution in [2.24, 2.45) is 0 Å². The van der Waals surface area contributed by atoms with Gasteiger partial charge in [-0.15, -0.1) is 0 Å². The van der Waals surface area contributed by atoms with E-state index in [1.165, 1.54) is 69.1 Å². The van der Waals surface area contributed by atoms with Crippen LogP contribution in [0.3, 0.4) is 0 Å². The van der Waals surface area contributed by atoms with Gasteiger partial charge in [0, 0.05) is 5.33 Å². The number of alkyl halides is 1. The number of phosphoric ester groups is 1. The first-order valence-corrected chi connectivity index (χ1v) is 17.0. The molecule has 10 heteroatoms. The fourth-order valence-corrected chi connectivity index (χ4v) is 5.68. The summed E-state index contributed by atoms with van der Waals surface area (Å²) in [5.41, 5.74) is -1.69. The Morgan fingerprint density at radius 2 is 1.58 bits per heavy atom. The molecular weight excluding hydrogens is 573 g/mol. The third-order valence-corrected chi connectivity index (χ3v) is 7.65. The van der Waals surface area contributed by atoms with E-state index in [-0.39, 0.29) is 13.2 Å². The molecule has 1 rings (SSSR count). The van der Waals surface area contributed by atoms with Crippen molar-refractivity contribution < 1.29 is 32.8 Å². The van der Waals surface area contributed by atoms with E-state index >= 15 is 0 Å². The number of carbonyl (C=O) groups excluding carboxylic acids is 1. The summed E-state index contributed by atoms with van der Waals surface area (Å²) in [5, 5.41) is 0.398. The maximum atomic E-state index is 13.1. The SMILES string of the molecule is CCCCCCCCCCCCCC=CC1OC(C)(C)N(C(=O)OC(C)(C)C)[C@H]1COP(=O)(O)OCCBr. The molecule has 1 aliphatic rings. The second-order valence-corrected chi connectivity index (χ2v) is 13.7. The summed E-state index contributed by atoms with van der Waals surface area (Å²) in [6.07, 6.45) is 18.1. The summed E-state index contributed by atoms with van der Waals surface area (Å²) < 4.78 is 34.3. The van der Waals surface area contributed by atoms with Crippen molar-refractivity contribution >= 4 is 29.8 Å². The smallest absolute Gasteiger partial charge is 0.444 e. The summed E-state index contributed by atoms with van der Waals surface area (Å²) in [5.74, 6) is 0. The van der Waals surface area contributed by atoms with E-state index in [1.807, 2.05) is 6.08 Å². The normalized spacial score (nSPS) is 21.2. The summed E-state index contributed by atoms with van der Waals surface area (Å²) in [7, 11) is -4.28. The molecule has 0 saturated carbocycles. The van der Waals surface area contributed by atoms with Crippen molar-refractivity contribution in [1.82, 2.24) is 4.90 Å². The van der Waals surface area contributed by atoms with E-state index in [4.69, 9.17) is 18.5 Å². The van der Waals surface area contributed by atoms with Crippen molar-refractivity contribution in [2.45, 2.75) is 142 Å². The highest BCUT2D eigenvalue weighted by atomic mass is 79.9. The number of hydrogen-bond donors (Lipinski definition) is 1. The fraction of sp³-hybridized carbons (Fsp3) is 0.893. The summed E-state index contributed by atoms with van der Waals surface area (Å²) >= 11 is 3.16. The maximum absolute atomic E-state index is 13.1. The molecule has 0 radical (unpaired) electrons. The first kappa shape index (κ1) is 35.6. The molecule has 0 aliphatic carbocycles. The van der Waals surface area contributed by atoms with Gasteiger partial charge in [-0.2, -0.15) is 0 Å². The molecule has 0 bridgehead atoms. The lowest BCUT2D eigenvalue weighted by molar-refractivity contribution is -0.0724. The lowest BCUT2D eigenvalue weighted by atomic mass is 10.0. The van der Waals surface area contributed by atoms with Gasteiger partial charge < -0.3 is 14.4 Å². The van der Waals surface area contributed by atoms with Crippen LogP contribution in [-0.4, -0.2) is 57.9 Å². The van der Waals surface area contributed by atoms with Crippen LogP contribution < -0.4 is 0 Å². The number of phosphoric acid groups is 1. The first-order valence-electron chi connectivity index (χ1n) is 14.4. The second kappa shape index (κ2) is 18.1. The van der Waals surface area contributed by atoms with Gasteiger partial charge in [0.1, 0.15) is 17.4 Å². The van der Waals surface area contributed by atoms with Crippen LogP contribution in [0.4, 0.5) is 4.79 Å². The zero-order chi connectivity index (χ0) is 28.7. The van der Waals surface area contributed by atoms with Crippen LogP contribution in [0.5, 0.6) is 0 Å². The molecule has 0 aromatic rings. The quantitative estimate of drug-likeness (QED) is 0.0665. The zero-order valence-electron chi connectivity index (χ0n) is 24.6. The highest BCUT2D eigenvalue weighted by molar-refractivity contribution is 9.09. The van der Waals surface area contributed by atoms with E-state index in [1.54, 1.807) is 34.6 Å². The standard InChI is InChI=1S/C28H53BrNO7P/c1-7-8-9-10-11-12-13-14-15-16-17-18-19-20-25-24(23-35-38(32,33)34-22-21-29)30(28(5,6)36-25)26(31)37-27(2,3)4/h19-20,24-25H,7-18,21-23H2,1-6H3,(H,32,33)/t24-,25?/m0/s1. The Bertz CT molecular complexity index is 741. The van der Waals surface area contributed by atoms with E-state index in [0.29, 0.717) is 5.33 Å². The van der Waals surface area contributed by atoms with Crippen LogP contribution in [0.1, 0.15) is 119 Å². The van der Waals surface area contributed by atoms with Crippen molar-refractivity contribution in [1.29, 1.82) is 0 Å². The Labute approximate surface area is 239 Å². The molecule has 1 N–H and O–H groups in total. The van der Waals surface area contributed by atoms with E-state index in [0.717, 1.165) is 12.8 Å². The minimum Gasteiger partial charge on any atom is -0.444 e. The topological polar surface area (TPSA) is 94.5 Å². The van der Waals surface area contributed by atoms with Crippen molar-refractivity contribution in [2.75, 3.05) is 18.5 Å². The Kier molecular flexibility index (Phi) is 16.9. The minimum atomic E-state index is -4.28. The predicted octanol–water partition coefficient (Wildman–Crippen LogP) is 8.51. The summed E-state index contributed by atoms with van der Waals surface area (Å²) in [4.78, 5) is 24.6. The number of amides is 1. The highest BCUT2D eigenvalue weighted by Crippen LogP contribution is 2.45. The molecule has 1 heterocycles. The van der Waals surface area contributed by atoms with Crippen LogP contribution in [-0.2, 0) is 23.1 Å².